The first kappa shape index (κ1) is 16.5. The van der Waals surface area contributed by atoms with Gasteiger partial charge in [0.25, 0.3) is 0 Å². The van der Waals surface area contributed by atoms with E-state index in [2.05, 4.69) is 4.74 Å². The van der Waals surface area contributed by atoms with Crippen LogP contribution in [0.4, 0.5) is 0 Å². The Bertz CT molecular complexity index is 684. The van der Waals surface area contributed by atoms with Crippen LogP contribution < -0.4 is 9.47 Å². The van der Waals surface area contributed by atoms with Crippen LogP contribution in [0.15, 0.2) is 42.5 Å². The van der Waals surface area contributed by atoms with Gasteiger partial charge >= 0.3 is 11.9 Å². The molecule has 0 spiro atoms. The molecule has 0 amide bonds. The lowest BCUT2D eigenvalue weighted by Gasteiger charge is -2.08. The molecule has 0 saturated heterocycles. The molecule has 0 atom stereocenters. The Morgan fingerprint density at radius 2 is 1.52 bits per heavy atom. The van der Waals surface area contributed by atoms with Crippen LogP contribution in [0.2, 0.25) is 0 Å². The van der Waals surface area contributed by atoms with Crippen LogP contribution in [-0.2, 0) is 9.53 Å². The van der Waals surface area contributed by atoms with Gasteiger partial charge in [-0.15, -0.1) is 0 Å². The number of hydrogen-bond acceptors (Lipinski definition) is 5. The summed E-state index contributed by atoms with van der Waals surface area (Å²) >= 11 is 0. The van der Waals surface area contributed by atoms with Gasteiger partial charge in [0.1, 0.15) is 11.5 Å². The van der Waals surface area contributed by atoms with Crippen LogP contribution in [-0.4, -0.2) is 25.7 Å². The SMILES string of the molecule is COC(=O)c1ccc(OC(=O)COc2cc(C)cc(C)c2)cc1. The summed E-state index contributed by atoms with van der Waals surface area (Å²) in [6.07, 6.45) is 0. The molecule has 5 nitrogen and oxygen atoms in total. The van der Waals surface area contributed by atoms with E-state index < -0.39 is 11.9 Å². The van der Waals surface area contributed by atoms with Crippen molar-refractivity contribution < 1.29 is 23.8 Å². The second-order valence-electron chi connectivity index (χ2n) is 5.10. The second kappa shape index (κ2) is 7.45. The molecule has 0 N–H and O–H groups in total. The Kier molecular flexibility index (Phi) is 5.36. The van der Waals surface area contributed by atoms with Gasteiger partial charge in [0.05, 0.1) is 12.7 Å². The third-order valence-corrected chi connectivity index (χ3v) is 3.06. The molecule has 0 aromatic heterocycles. The summed E-state index contributed by atoms with van der Waals surface area (Å²) in [6.45, 7) is 3.73. The molecule has 0 aliphatic heterocycles. The molecular weight excluding hydrogens is 296 g/mol. The minimum Gasteiger partial charge on any atom is -0.482 e. The van der Waals surface area contributed by atoms with Crippen molar-refractivity contribution in [3.63, 3.8) is 0 Å². The van der Waals surface area contributed by atoms with E-state index in [1.165, 1.54) is 31.4 Å². The van der Waals surface area contributed by atoms with Crippen LogP contribution >= 0.6 is 0 Å². The van der Waals surface area contributed by atoms with Crippen LogP contribution in [0.5, 0.6) is 11.5 Å². The zero-order valence-corrected chi connectivity index (χ0v) is 13.3. The van der Waals surface area contributed by atoms with Crippen molar-refractivity contribution in [2.75, 3.05) is 13.7 Å². The normalized spacial score (nSPS) is 10.0. The first-order valence-electron chi connectivity index (χ1n) is 7.08. The predicted molar refractivity (Wildman–Crippen MR) is 84.8 cm³/mol. The molecule has 0 unspecified atom stereocenters. The predicted octanol–water partition coefficient (Wildman–Crippen LogP) is 3.07. The number of methoxy groups -OCH3 is 1. The van der Waals surface area contributed by atoms with Crippen LogP contribution in [0.3, 0.4) is 0 Å². The van der Waals surface area contributed by atoms with E-state index in [0.717, 1.165) is 11.1 Å². The van der Waals surface area contributed by atoms with Gasteiger partial charge in [0.15, 0.2) is 6.61 Å². The minimum absolute atomic E-state index is 0.193. The monoisotopic (exact) mass is 314 g/mol. The summed E-state index contributed by atoms with van der Waals surface area (Å²) in [5, 5.41) is 0. The summed E-state index contributed by atoms with van der Waals surface area (Å²) < 4.78 is 15.2. The van der Waals surface area contributed by atoms with Crippen molar-refractivity contribution in [2.24, 2.45) is 0 Å². The first-order valence-corrected chi connectivity index (χ1v) is 7.08. The number of carbonyl (C=O) groups excluding carboxylic acids is 2. The summed E-state index contributed by atoms with van der Waals surface area (Å²) in [5.74, 6) is 0.00293. The molecule has 2 aromatic rings. The number of carbonyl (C=O) groups is 2. The van der Waals surface area contributed by atoms with E-state index >= 15 is 0 Å². The van der Waals surface area contributed by atoms with Crippen molar-refractivity contribution in [1.82, 2.24) is 0 Å². The van der Waals surface area contributed by atoms with Crippen LogP contribution in [0.25, 0.3) is 0 Å². The molecule has 0 saturated carbocycles. The molecular formula is C18H18O5. The fraction of sp³-hybridized carbons (Fsp3) is 0.222. The van der Waals surface area contributed by atoms with E-state index in [0.29, 0.717) is 17.1 Å². The number of hydrogen-bond donors (Lipinski definition) is 0. The Morgan fingerprint density at radius 1 is 0.913 bits per heavy atom. The molecule has 0 fully saturated rings. The van der Waals surface area contributed by atoms with E-state index in [-0.39, 0.29) is 6.61 Å². The van der Waals surface area contributed by atoms with Crippen LogP contribution in [0, 0.1) is 13.8 Å². The molecule has 0 aliphatic rings. The Hall–Kier alpha value is -2.82. The fourth-order valence-corrected chi connectivity index (χ4v) is 2.10. The highest BCUT2D eigenvalue weighted by molar-refractivity contribution is 5.89. The standard InChI is InChI=1S/C18H18O5/c1-12-8-13(2)10-16(9-12)22-11-17(19)23-15-6-4-14(5-7-15)18(20)21-3/h4-10H,11H2,1-3H3. The second-order valence-corrected chi connectivity index (χ2v) is 5.10. The molecule has 0 aliphatic carbocycles. The quantitative estimate of drug-likeness (QED) is 0.627. The summed E-state index contributed by atoms with van der Waals surface area (Å²) in [5.41, 5.74) is 2.51. The lowest BCUT2D eigenvalue weighted by Crippen LogP contribution is -2.17. The summed E-state index contributed by atoms with van der Waals surface area (Å²) in [7, 11) is 1.31. The van der Waals surface area contributed by atoms with Gasteiger partial charge in [0.2, 0.25) is 0 Å². The molecule has 2 aromatic carbocycles. The van der Waals surface area contributed by atoms with Gasteiger partial charge in [-0.25, -0.2) is 9.59 Å². The van der Waals surface area contributed by atoms with Crippen molar-refractivity contribution in [3.8, 4) is 11.5 Å². The maximum Gasteiger partial charge on any atom is 0.349 e. The zero-order valence-electron chi connectivity index (χ0n) is 13.3. The van der Waals surface area contributed by atoms with E-state index in [9.17, 15) is 9.59 Å². The number of benzene rings is 2. The third kappa shape index (κ3) is 4.85. The lowest BCUT2D eigenvalue weighted by atomic mass is 10.1. The molecule has 120 valence electrons. The zero-order chi connectivity index (χ0) is 16.8. The topological polar surface area (TPSA) is 61.8 Å². The van der Waals surface area contributed by atoms with Crippen molar-refractivity contribution >= 4 is 11.9 Å². The molecule has 0 bridgehead atoms. The van der Waals surface area contributed by atoms with Gasteiger partial charge in [0, 0.05) is 0 Å². The highest BCUT2D eigenvalue weighted by atomic mass is 16.6. The summed E-state index contributed by atoms with van der Waals surface area (Å²) in [4.78, 5) is 23.1. The average Bonchev–Trinajstić information content (AvgIpc) is 2.52. The van der Waals surface area contributed by atoms with Crippen molar-refractivity contribution in [1.29, 1.82) is 0 Å². The number of aryl methyl sites for hydroxylation is 2. The van der Waals surface area contributed by atoms with Crippen molar-refractivity contribution in [2.45, 2.75) is 13.8 Å². The number of esters is 2. The van der Waals surface area contributed by atoms with Gasteiger partial charge in [-0.05, 0) is 61.4 Å². The molecule has 5 heteroatoms. The average molecular weight is 314 g/mol. The highest BCUT2D eigenvalue weighted by Crippen LogP contribution is 2.17. The minimum atomic E-state index is -0.519. The first-order chi connectivity index (χ1) is 11.0. The van der Waals surface area contributed by atoms with E-state index in [4.69, 9.17) is 9.47 Å². The van der Waals surface area contributed by atoms with E-state index in [1.807, 2.05) is 32.0 Å². The molecule has 0 radical (unpaired) electrons. The molecule has 2 rings (SSSR count). The molecule has 23 heavy (non-hydrogen) atoms. The van der Waals surface area contributed by atoms with E-state index in [1.54, 1.807) is 0 Å². The smallest absolute Gasteiger partial charge is 0.349 e. The Balaban J connectivity index is 1.90. The molecule has 0 heterocycles. The maximum absolute atomic E-state index is 11.8. The lowest BCUT2D eigenvalue weighted by molar-refractivity contribution is -0.136. The Labute approximate surface area is 134 Å². The van der Waals surface area contributed by atoms with Crippen LogP contribution in [0.1, 0.15) is 21.5 Å². The Morgan fingerprint density at radius 3 is 2.09 bits per heavy atom. The van der Waals surface area contributed by atoms with Gasteiger partial charge < -0.3 is 14.2 Å². The van der Waals surface area contributed by atoms with Gasteiger partial charge in [-0.1, -0.05) is 6.07 Å². The fourth-order valence-electron chi connectivity index (χ4n) is 2.10. The third-order valence-electron chi connectivity index (χ3n) is 3.06. The van der Waals surface area contributed by atoms with Gasteiger partial charge in [-0.2, -0.15) is 0 Å². The van der Waals surface area contributed by atoms with Gasteiger partial charge in [-0.3, -0.25) is 0 Å². The maximum atomic E-state index is 11.8. The number of rotatable bonds is 5. The number of ether oxygens (including phenoxy) is 3. The highest BCUT2D eigenvalue weighted by Gasteiger charge is 2.09. The summed E-state index contributed by atoms with van der Waals surface area (Å²) in [6, 6.07) is 11.8. The van der Waals surface area contributed by atoms with Crippen molar-refractivity contribution in [3.05, 3.63) is 59.2 Å². The largest absolute Gasteiger partial charge is 0.482 e.